The molecule has 0 aliphatic carbocycles. The van der Waals surface area contributed by atoms with E-state index in [2.05, 4.69) is 4.98 Å². The molecule has 21 heavy (non-hydrogen) atoms. The van der Waals surface area contributed by atoms with E-state index in [1.165, 1.54) is 24.0 Å². The molecule has 0 bridgehead atoms. The molecular weight excluding hydrogens is 274 g/mol. The minimum Gasteiger partial charge on any atom is -0.480 e. The lowest BCUT2D eigenvalue weighted by Gasteiger charge is -2.17. The van der Waals surface area contributed by atoms with Crippen LogP contribution in [0.4, 0.5) is 0 Å². The van der Waals surface area contributed by atoms with Crippen molar-refractivity contribution in [2.75, 3.05) is 6.54 Å². The van der Waals surface area contributed by atoms with Gasteiger partial charge in [0.15, 0.2) is 0 Å². The van der Waals surface area contributed by atoms with Crippen LogP contribution in [0.15, 0.2) is 12.5 Å². The molecule has 0 spiro atoms. The Morgan fingerprint density at radius 1 is 1.48 bits per heavy atom. The summed E-state index contributed by atoms with van der Waals surface area (Å²) in [5.74, 6) is -1.40. The fourth-order valence-corrected chi connectivity index (χ4v) is 1.85. The van der Waals surface area contributed by atoms with Crippen molar-refractivity contribution in [3.05, 3.63) is 18.2 Å². The van der Waals surface area contributed by atoms with Crippen LogP contribution in [-0.2, 0) is 11.2 Å². The SMILES string of the molecule is C[C@](N)(Cc1cn(C(=O)[C@@H](N)CCCCN)cn1)C(=O)O. The van der Waals surface area contributed by atoms with Crippen LogP contribution < -0.4 is 17.2 Å². The van der Waals surface area contributed by atoms with Gasteiger partial charge in [0.25, 0.3) is 0 Å². The van der Waals surface area contributed by atoms with Crippen molar-refractivity contribution >= 4 is 11.9 Å². The number of carboxylic acid groups (broad SMARTS) is 1. The maximum Gasteiger partial charge on any atom is 0.323 e. The number of hydrogen-bond donors (Lipinski definition) is 4. The number of aromatic nitrogens is 2. The number of nitrogens with zero attached hydrogens (tertiary/aromatic N) is 2. The molecule has 0 aliphatic heterocycles. The molecule has 7 N–H and O–H groups in total. The number of rotatable bonds is 8. The lowest BCUT2D eigenvalue weighted by Crippen LogP contribution is -2.46. The molecule has 0 aliphatic rings. The Kier molecular flexibility index (Phi) is 6.01. The molecule has 8 heteroatoms. The maximum atomic E-state index is 12.1. The number of carboxylic acids is 1. The lowest BCUT2D eigenvalue weighted by molar-refractivity contribution is -0.142. The monoisotopic (exact) mass is 297 g/mol. The van der Waals surface area contributed by atoms with E-state index in [9.17, 15) is 9.59 Å². The van der Waals surface area contributed by atoms with E-state index in [0.29, 0.717) is 18.7 Å². The van der Waals surface area contributed by atoms with Gasteiger partial charge in [-0.1, -0.05) is 6.42 Å². The molecule has 1 aromatic rings. The fraction of sp³-hybridized carbons (Fsp3) is 0.615. The minimum atomic E-state index is -1.43. The Labute approximate surface area is 123 Å². The second-order valence-electron chi connectivity index (χ2n) is 5.40. The van der Waals surface area contributed by atoms with Gasteiger partial charge in [-0.05, 0) is 26.3 Å². The summed E-state index contributed by atoms with van der Waals surface area (Å²) in [6.07, 6.45) is 4.99. The van der Waals surface area contributed by atoms with Gasteiger partial charge in [0.2, 0.25) is 5.91 Å². The van der Waals surface area contributed by atoms with Crippen LogP contribution >= 0.6 is 0 Å². The highest BCUT2D eigenvalue weighted by Gasteiger charge is 2.29. The van der Waals surface area contributed by atoms with E-state index in [0.717, 1.165) is 12.8 Å². The van der Waals surface area contributed by atoms with E-state index < -0.39 is 17.6 Å². The molecule has 1 rings (SSSR count). The van der Waals surface area contributed by atoms with Crippen molar-refractivity contribution in [2.24, 2.45) is 17.2 Å². The van der Waals surface area contributed by atoms with Gasteiger partial charge in [-0.2, -0.15) is 0 Å². The van der Waals surface area contributed by atoms with Crippen LogP contribution in [0, 0.1) is 0 Å². The minimum absolute atomic E-state index is 0.0328. The molecule has 0 unspecified atom stereocenters. The summed E-state index contributed by atoms with van der Waals surface area (Å²) in [6, 6.07) is -0.623. The quantitative estimate of drug-likeness (QED) is 0.464. The first-order valence-electron chi connectivity index (χ1n) is 6.83. The van der Waals surface area contributed by atoms with E-state index in [-0.39, 0.29) is 12.3 Å². The second-order valence-corrected chi connectivity index (χ2v) is 5.40. The van der Waals surface area contributed by atoms with Crippen molar-refractivity contribution in [3.63, 3.8) is 0 Å². The summed E-state index contributed by atoms with van der Waals surface area (Å²) in [5.41, 5.74) is 15.9. The first kappa shape index (κ1) is 17.3. The predicted octanol–water partition coefficient (Wildman–Crippen LogP) is -0.676. The normalized spacial score (nSPS) is 15.4. The summed E-state index contributed by atoms with van der Waals surface area (Å²) in [7, 11) is 0. The van der Waals surface area contributed by atoms with Crippen LogP contribution in [-0.4, -0.2) is 44.7 Å². The third-order valence-electron chi connectivity index (χ3n) is 3.21. The third kappa shape index (κ3) is 4.92. The molecule has 8 nitrogen and oxygen atoms in total. The van der Waals surface area contributed by atoms with Crippen molar-refractivity contribution < 1.29 is 14.7 Å². The molecule has 0 radical (unpaired) electrons. The molecule has 0 saturated carbocycles. The Bertz CT molecular complexity index is 498. The van der Waals surface area contributed by atoms with Gasteiger partial charge in [0, 0.05) is 12.6 Å². The summed E-state index contributed by atoms with van der Waals surface area (Å²) >= 11 is 0. The Balaban J connectivity index is 2.66. The van der Waals surface area contributed by atoms with Gasteiger partial charge in [-0.3, -0.25) is 14.2 Å². The van der Waals surface area contributed by atoms with Gasteiger partial charge in [-0.15, -0.1) is 0 Å². The zero-order chi connectivity index (χ0) is 16.0. The Hall–Kier alpha value is -1.77. The molecule has 2 atom stereocenters. The van der Waals surface area contributed by atoms with Gasteiger partial charge in [0.1, 0.15) is 11.9 Å². The highest BCUT2D eigenvalue weighted by atomic mass is 16.4. The van der Waals surface area contributed by atoms with Gasteiger partial charge in [0.05, 0.1) is 11.7 Å². The van der Waals surface area contributed by atoms with Crippen LogP contribution in [0.1, 0.15) is 36.7 Å². The molecule has 0 aromatic carbocycles. The molecule has 0 amide bonds. The van der Waals surface area contributed by atoms with Crippen LogP contribution in [0.5, 0.6) is 0 Å². The van der Waals surface area contributed by atoms with E-state index in [1.54, 1.807) is 0 Å². The smallest absolute Gasteiger partial charge is 0.323 e. The number of imidazole rings is 1. The van der Waals surface area contributed by atoms with E-state index in [1.807, 2.05) is 0 Å². The zero-order valence-electron chi connectivity index (χ0n) is 12.2. The number of carbonyl (C=O) groups is 2. The summed E-state index contributed by atoms with van der Waals surface area (Å²) < 4.78 is 1.28. The summed E-state index contributed by atoms with van der Waals surface area (Å²) in [5, 5.41) is 8.97. The van der Waals surface area contributed by atoms with Crippen LogP contribution in [0.2, 0.25) is 0 Å². The maximum absolute atomic E-state index is 12.1. The largest absolute Gasteiger partial charge is 0.480 e. The molecular formula is C13H23N5O3. The highest BCUT2D eigenvalue weighted by Crippen LogP contribution is 2.10. The number of nitrogens with two attached hydrogens (primary N) is 3. The molecule has 0 saturated heterocycles. The fourth-order valence-electron chi connectivity index (χ4n) is 1.85. The van der Waals surface area contributed by atoms with Crippen LogP contribution in [0.3, 0.4) is 0 Å². The van der Waals surface area contributed by atoms with Crippen molar-refractivity contribution in [1.29, 1.82) is 0 Å². The first-order valence-corrected chi connectivity index (χ1v) is 6.83. The average Bonchev–Trinajstić information content (AvgIpc) is 2.85. The number of unbranched alkanes of at least 4 members (excludes halogenated alkanes) is 1. The molecule has 1 heterocycles. The topological polar surface area (TPSA) is 150 Å². The van der Waals surface area contributed by atoms with Crippen molar-refractivity contribution in [2.45, 2.75) is 44.2 Å². The van der Waals surface area contributed by atoms with Gasteiger partial charge in [-0.25, -0.2) is 4.98 Å². The molecule has 1 aromatic heterocycles. The summed E-state index contributed by atoms with van der Waals surface area (Å²) in [4.78, 5) is 27.0. The average molecular weight is 297 g/mol. The predicted molar refractivity (Wildman–Crippen MR) is 77.7 cm³/mol. The number of aliphatic carboxylic acids is 1. The summed E-state index contributed by atoms with van der Waals surface area (Å²) in [6.45, 7) is 1.97. The number of carbonyl (C=O) groups excluding carboxylic acids is 1. The van der Waals surface area contributed by atoms with Crippen LogP contribution in [0.25, 0.3) is 0 Å². The molecule has 0 fully saturated rings. The van der Waals surface area contributed by atoms with Gasteiger partial charge >= 0.3 is 5.97 Å². The van der Waals surface area contributed by atoms with E-state index >= 15 is 0 Å². The Morgan fingerprint density at radius 2 is 2.14 bits per heavy atom. The zero-order valence-corrected chi connectivity index (χ0v) is 12.2. The van der Waals surface area contributed by atoms with Gasteiger partial charge < -0.3 is 22.3 Å². The number of hydrogen-bond acceptors (Lipinski definition) is 6. The highest BCUT2D eigenvalue weighted by molar-refractivity contribution is 5.84. The first-order chi connectivity index (χ1) is 9.77. The Morgan fingerprint density at radius 3 is 2.71 bits per heavy atom. The second kappa shape index (κ2) is 7.30. The molecule has 118 valence electrons. The van der Waals surface area contributed by atoms with Crippen molar-refractivity contribution in [1.82, 2.24) is 9.55 Å². The third-order valence-corrected chi connectivity index (χ3v) is 3.21. The van der Waals surface area contributed by atoms with Crippen molar-refractivity contribution in [3.8, 4) is 0 Å². The lowest BCUT2D eigenvalue weighted by atomic mass is 9.98. The standard InChI is InChI=1S/C13H23N5O3/c1-13(16,12(20)21)6-9-7-18(8-17-9)11(19)10(15)4-2-3-5-14/h7-8,10H,2-6,14-16H2,1H3,(H,20,21)/t10-,13-/m0/s1. The van der Waals surface area contributed by atoms with E-state index in [4.69, 9.17) is 22.3 Å².